The van der Waals surface area contributed by atoms with Gasteiger partial charge in [0.15, 0.2) is 0 Å². The summed E-state index contributed by atoms with van der Waals surface area (Å²) in [6, 6.07) is 36.5. The number of rotatable bonds is 2. The van der Waals surface area contributed by atoms with Crippen molar-refractivity contribution in [3.05, 3.63) is 141 Å². The molecule has 40 heavy (non-hydrogen) atoms. The highest BCUT2D eigenvalue weighted by atomic mass is 127. The van der Waals surface area contributed by atoms with Gasteiger partial charge in [-0.3, -0.25) is 0 Å². The van der Waals surface area contributed by atoms with Crippen LogP contribution in [-0.2, 0) is 4.74 Å². The van der Waals surface area contributed by atoms with E-state index in [2.05, 4.69) is 101 Å². The van der Waals surface area contributed by atoms with Crippen molar-refractivity contribution in [3.63, 3.8) is 0 Å². The molecule has 0 spiro atoms. The minimum Gasteiger partial charge on any atom is -0.462 e. The quantitative estimate of drug-likeness (QED) is 0.109. The second kappa shape index (κ2) is 11.3. The number of halogens is 1. The number of hydrogen-bond donors (Lipinski definition) is 0. The fourth-order valence-electron chi connectivity index (χ4n) is 4.95. The molecule has 6 aromatic carbocycles. The summed E-state index contributed by atoms with van der Waals surface area (Å²) in [6.45, 7) is 2.15. The van der Waals surface area contributed by atoms with Crippen molar-refractivity contribution in [2.75, 3.05) is 6.61 Å². The molecule has 0 heterocycles. The van der Waals surface area contributed by atoms with Gasteiger partial charge in [-0.2, -0.15) is 0 Å². The number of benzene rings is 6. The molecular weight excluding hydrogens is 603 g/mol. The average Bonchev–Trinajstić information content (AvgIpc) is 3.00. The van der Waals surface area contributed by atoms with Crippen molar-refractivity contribution in [1.29, 1.82) is 0 Å². The van der Waals surface area contributed by atoms with E-state index < -0.39 is 0 Å². The molecule has 0 aliphatic heterocycles. The molecule has 0 aliphatic carbocycles. The number of carbonyl (C=O) groups excluding carboxylic acids is 1. The summed E-state index contributed by atoms with van der Waals surface area (Å²) in [5.41, 5.74) is 4.33. The molecule has 0 aromatic heterocycles. The molecule has 6 aromatic rings. The first kappa shape index (κ1) is 25.7. The van der Waals surface area contributed by atoms with Crippen LogP contribution in [0.3, 0.4) is 0 Å². The van der Waals surface area contributed by atoms with Crippen LogP contribution in [-0.4, -0.2) is 12.6 Å². The SMILES string of the molecule is CCOC(=O)c1ccc(C#Cc2ccc(C#Cc3ccc(I)c4ccccc34)c3ccccc23)c2ccccc12. The van der Waals surface area contributed by atoms with Crippen LogP contribution >= 0.6 is 22.6 Å². The van der Waals surface area contributed by atoms with Gasteiger partial charge < -0.3 is 4.74 Å². The normalized spacial score (nSPS) is 10.6. The first-order valence-corrected chi connectivity index (χ1v) is 14.1. The number of carbonyl (C=O) groups is 1. The molecule has 0 unspecified atom stereocenters. The van der Waals surface area contributed by atoms with Gasteiger partial charge in [-0.1, -0.05) is 96.5 Å². The first-order chi connectivity index (χ1) is 19.6. The Bertz CT molecular complexity index is 2070. The predicted octanol–water partition coefficient (Wildman–Crippen LogP) is 8.73. The van der Waals surface area contributed by atoms with E-state index in [0.29, 0.717) is 12.2 Å². The Hall–Kier alpha value is -4.58. The lowest BCUT2D eigenvalue weighted by Crippen LogP contribution is -2.05. The number of esters is 1. The number of fused-ring (bicyclic) bond motifs is 3. The summed E-state index contributed by atoms with van der Waals surface area (Å²) in [7, 11) is 0. The van der Waals surface area contributed by atoms with Crippen molar-refractivity contribution >= 4 is 60.9 Å². The predicted molar refractivity (Wildman–Crippen MR) is 172 cm³/mol. The number of ether oxygens (including phenoxy) is 1. The third-order valence-electron chi connectivity index (χ3n) is 6.88. The summed E-state index contributed by atoms with van der Waals surface area (Å²) in [5.74, 6) is 13.3. The van der Waals surface area contributed by atoms with Gasteiger partial charge >= 0.3 is 5.97 Å². The molecule has 0 saturated carbocycles. The third kappa shape index (κ3) is 4.93. The van der Waals surface area contributed by atoms with Crippen LogP contribution in [0.4, 0.5) is 0 Å². The van der Waals surface area contributed by atoms with Crippen LogP contribution in [0, 0.1) is 27.3 Å². The Kier molecular flexibility index (Phi) is 7.23. The fraction of sp³-hybridized carbons (Fsp3) is 0.0541. The van der Waals surface area contributed by atoms with E-state index in [1.807, 2.05) is 55.5 Å². The van der Waals surface area contributed by atoms with Crippen LogP contribution in [0.15, 0.2) is 109 Å². The molecule has 190 valence electrons. The molecular formula is C37H23IO2. The van der Waals surface area contributed by atoms with Crippen LogP contribution in [0.1, 0.15) is 39.5 Å². The lowest BCUT2D eigenvalue weighted by atomic mass is 9.97. The van der Waals surface area contributed by atoms with Gasteiger partial charge in [0.2, 0.25) is 0 Å². The minimum atomic E-state index is -0.320. The zero-order valence-electron chi connectivity index (χ0n) is 21.8. The molecule has 0 fully saturated rings. The molecule has 0 radical (unpaired) electrons. The maximum atomic E-state index is 12.5. The highest BCUT2D eigenvalue weighted by Gasteiger charge is 2.12. The fourth-order valence-corrected chi connectivity index (χ4v) is 5.60. The zero-order valence-corrected chi connectivity index (χ0v) is 24.0. The summed E-state index contributed by atoms with van der Waals surface area (Å²) in [5, 5.41) is 6.27. The highest BCUT2D eigenvalue weighted by molar-refractivity contribution is 14.1. The standard InChI is InChI=1S/C37H23IO2/c1-2-40-37(39)35-23-21-27(31-11-5-7-13-33(31)35)19-17-25-15-16-26(30-10-4-3-9-29(25)30)18-20-28-22-24-36(38)34-14-8-6-12-32(28)34/h3-16,21-24H,2H2,1H3. The second-order valence-electron chi connectivity index (χ2n) is 9.27. The van der Waals surface area contributed by atoms with Crippen LogP contribution in [0.25, 0.3) is 32.3 Å². The molecule has 0 saturated heterocycles. The molecule has 3 heteroatoms. The third-order valence-corrected chi connectivity index (χ3v) is 7.82. The summed E-state index contributed by atoms with van der Waals surface area (Å²) >= 11 is 2.37. The Labute approximate surface area is 247 Å². The molecule has 0 N–H and O–H groups in total. The van der Waals surface area contributed by atoms with Gasteiger partial charge in [0.25, 0.3) is 0 Å². The Morgan fingerprint density at radius 3 is 1.43 bits per heavy atom. The van der Waals surface area contributed by atoms with E-state index in [1.54, 1.807) is 6.07 Å². The van der Waals surface area contributed by atoms with Gasteiger partial charge in [-0.05, 0) is 98.2 Å². The zero-order chi connectivity index (χ0) is 27.5. The summed E-state index contributed by atoms with van der Waals surface area (Å²) in [6.07, 6.45) is 0. The van der Waals surface area contributed by atoms with Crippen molar-refractivity contribution in [1.82, 2.24) is 0 Å². The largest absolute Gasteiger partial charge is 0.462 e. The Balaban J connectivity index is 1.41. The molecule has 0 atom stereocenters. The van der Waals surface area contributed by atoms with E-state index >= 15 is 0 Å². The maximum absolute atomic E-state index is 12.5. The van der Waals surface area contributed by atoms with Crippen molar-refractivity contribution < 1.29 is 9.53 Å². The van der Waals surface area contributed by atoms with Crippen LogP contribution in [0.5, 0.6) is 0 Å². The van der Waals surface area contributed by atoms with E-state index in [0.717, 1.165) is 49.2 Å². The topological polar surface area (TPSA) is 26.3 Å². The Morgan fingerprint density at radius 1 is 0.550 bits per heavy atom. The van der Waals surface area contributed by atoms with Gasteiger partial charge in [0, 0.05) is 25.8 Å². The van der Waals surface area contributed by atoms with Crippen LogP contribution in [0.2, 0.25) is 0 Å². The van der Waals surface area contributed by atoms with E-state index in [4.69, 9.17) is 4.74 Å². The van der Waals surface area contributed by atoms with Crippen molar-refractivity contribution in [2.45, 2.75) is 6.92 Å². The van der Waals surface area contributed by atoms with E-state index in [9.17, 15) is 4.79 Å². The van der Waals surface area contributed by atoms with Gasteiger partial charge in [-0.15, -0.1) is 0 Å². The van der Waals surface area contributed by atoms with Gasteiger partial charge in [0.05, 0.1) is 12.2 Å². The maximum Gasteiger partial charge on any atom is 0.338 e. The summed E-state index contributed by atoms with van der Waals surface area (Å²) in [4.78, 5) is 12.5. The van der Waals surface area contributed by atoms with Crippen molar-refractivity contribution in [3.8, 4) is 23.7 Å². The molecule has 0 aliphatic rings. The van der Waals surface area contributed by atoms with Crippen molar-refractivity contribution in [2.24, 2.45) is 0 Å². The summed E-state index contributed by atoms with van der Waals surface area (Å²) < 4.78 is 6.47. The first-order valence-electron chi connectivity index (χ1n) is 13.1. The second-order valence-corrected chi connectivity index (χ2v) is 10.4. The van der Waals surface area contributed by atoms with E-state index in [-0.39, 0.29) is 5.97 Å². The average molecular weight is 626 g/mol. The Morgan fingerprint density at radius 2 is 0.925 bits per heavy atom. The molecule has 0 amide bonds. The molecule has 2 nitrogen and oxygen atoms in total. The smallest absolute Gasteiger partial charge is 0.338 e. The lowest BCUT2D eigenvalue weighted by molar-refractivity contribution is 0.0528. The highest BCUT2D eigenvalue weighted by Crippen LogP contribution is 2.26. The molecule has 0 bridgehead atoms. The minimum absolute atomic E-state index is 0.320. The van der Waals surface area contributed by atoms with E-state index in [1.165, 1.54) is 8.96 Å². The monoisotopic (exact) mass is 626 g/mol. The van der Waals surface area contributed by atoms with Crippen LogP contribution < -0.4 is 0 Å². The molecule has 6 rings (SSSR count). The number of hydrogen-bond acceptors (Lipinski definition) is 2. The van der Waals surface area contributed by atoms with Gasteiger partial charge in [0.1, 0.15) is 0 Å². The van der Waals surface area contributed by atoms with Gasteiger partial charge in [-0.25, -0.2) is 4.79 Å². The lowest BCUT2D eigenvalue weighted by Gasteiger charge is -2.08.